The first-order valence-corrected chi connectivity index (χ1v) is 12.0. The van der Waals surface area contributed by atoms with E-state index < -0.39 is 6.04 Å². The van der Waals surface area contributed by atoms with E-state index in [4.69, 9.17) is 11.5 Å². The quantitative estimate of drug-likeness (QED) is 0.362. The number of rotatable bonds is 8. The summed E-state index contributed by atoms with van der Waals surface area (Å²) in [5.41, 5.74) is 14.4. The number of benzene rings is 1. The molecule has 3 amide bonds. The SMILES string of the molecule is Cl.Cl.NCCCCN(c1cccc2c1CN(C1CCC(=O)NC1=O)C2=O)C1CCC(CN)CC1. The van der Waals surface area contributed by atoms with E-state index in [2.05, 4.69) is 16.3 Å². The molecule has 4 rings (SSSR count). The minimum atomic E-state index is -0.592. The number of amides is 3. The first-order chi connectivity index (χ1) is 15.5. The van der Waals surface area contributed by atoms with Crippen LogP contribution < -0.4 is 21.7 Å². The lowest BCUT2D eigenvalue weighted by molar-refractivity contribution is -0.136. The van der Waals surface area contributed by atoms with Crippen LogP contribution in [0.1, 0.15) is 67.3 Å². The standard InChI is InChI=1S/C24H35N5O3.2ClH/c25-12-1-2-13-28(17-8-6-16(14-26)7-9-17)20-5-3-4-18-19(20)15-29(24(18)32)21-10-11-22(30)27-23(21)31;;/h3-5,16-17,21H,1-2,6-15,25-26H2,(H,27,30,31);2*1H. The van der Waals surface area contributed by atoms with Crippen LogP contribution in [0.4, 0.5) is 5.69 Å². The van der Waals surface area contributed by atoms with Crippen molar-refractivity contribution in [3.05, 3.63) is 29.3 Å². The van der Waals surface area contributed by atoms with E-state index in [1.54, 1.807) is 4.90 Å². The average molecular weight is 514 g/mol. The number of hydrogen-bond acceptors (Lipinski definition) is 6. The average Bonchev–Trinajstić information content (AvgIpc) is 3.14. The van der Waals surface area contributed by atoms with Crippen molar-refractivity contribution in [2.75, 3.05) is 24.5 Å². The van der Waals surface area contributed by atoms with E-state index in [1.165, 1.54) is 0 Å². The number of carbonyl (C=O) groups excluding carboxylic acids is 3. The van der Waals surface area contributed by atoms with Gasteiger partial charge in [0.05, 0.1) is 0 Å². The molecule has 0 bridgehead atoms. The minimum absolute atomic E-state index is 0. The topological polar surface area (TPSA) is 122 Å². The first-order valence-electron chi connectivity index (χ1n) is 12.0. The van der Waals surface area contributed by atoms with Crippen LogP contribution in [-0.2, 0) is 16.1 Å². The molecule has 2 fully saturated rings. The Bertz CT molecular complexity index is 876. The molecule has 1 saturated heterocycles. The molecule has 34 heavy (non-hydrogen) atoms. The summed E-state index contributed by atoms with van der Waals surface area (Å²) < 4.78 is 0. The third-order valence-corrected chi connectivity index (χ3v) is 7.31. The van der Waals surface area contributed by atoms with E-state index in [1.807, 2.05) is 12.1 Å². The highest BCUT2D eigenvalue weighted by atomic mass is 35.5. The van der Waals surface area contributed by atoms with E-state index >= 15 is 0 Å². The fourth-order valence-electron chi connectivity index (χ4n) is 5.46. The van der Waals surface area contributed by atoms with Gasteiger partial charge in [-0.25, -0.2) is 0 Å². The molecule has 8 nitrogen and oxygen atoms in total. The molecule has 2 heterocycles. The summed E-state index contributed by atoms with van der Waals surface area (Å²) in [7, 11) is 0. The van der Waals surface area contributed by atoms with Crippen LogP contribution >= 0.6 is 24.8 Å². The van der Waals surface area contributed by atoms with Crippen LogP contribution in [0.25, 0.3) is 0 Å². The zero-order valence-electron chi connectivity index (χ0n) is 19.5. The normalized spacial score (nSPS) is 24.1. The number of halogens is 2. The number of carbonyl (C=O) groups is 3. The Morgan fingerprint density at radius 2 is 1.74 bits per heavy atom. The van der Waals surface area contributed by atoms with Crippen LogP contribution in [-0.4, -0.2) is 54.3 Å². The molecule has 0 spiro atoms. The van der Waals surface area contributed by atoms with Crippen molar-refractivity contribution >= 4 is 48.2 Å². The Labute approximate surface area is 214 Å². The van der Waals surface area contributed by atoms with E-state index in [0.29, 0.717) is 37.0 Å². The van der Waals surface area contributed by atoms with Gasteiger partial charge in [-0.3, -0.25) is 19.7 Å². The van der Waals surface area contributed by atoms with Crippen molar-refractivity contribution in [3.8, 4) is 0 Å². The number of anilines is 1. The third-order valence-electron chi connectivity index (χ3n) is 7.31. The number of nitrogens with one attached hydrogen (secondary N) is 1. The van der Waals surface area contributed by atoms with Crippen LogP contribution in [0, 0.1) is 5.92 Å². The fourth-order valence-corrected chi connectivity index (χ4v) is 5.46. The number of unbranched alkanes of at least 4 members (excludes halogenated alkanes) is 1. The van der Waals surface area contributed by atoms with Gasteiger partial charge in [-0.05, 0) is 76.1 Å². The molecular formula is C24H37Cl2N5O3. The zero-order valence-corrected chi connectivity index (χ0v) is 21.2. The molecule has 0 radical (unpaired) electrons. The van der Waals surface area contributed by atoms with Gasteiger partial charge in [0.15, 0.2) is 0 Å². The second-order valence-electron chi connectivity index (χ2n) is 9.30. The Balaban J connectivity index is 0.00000204. The summed E-state index contributed by atoms with van der Waals surface area (Å²) in [5.74, 6) is -0.160. The summed E-state index contributed by atoms with van der Waals surface area (Å²) in [4.78, 5) is 41.3. The van der Waals surface area contributed by atoms with Crippen LogP contribution in [0.3, 0.4) is 0 Å². The molecular weight excluding hydrogens is 477 g/mol. The van der Waals surface area contributed by atoms with Gasteiger partial charge in [0.25, 0.3) is 5.91 Å². The zero-order chi connectivity index (χ0) is 22.7. The predicted octanol–water partition coefficient (Wildman–Crippen LogP) is 2.35. The van der Waals surface area contributed by atoms with Crippen molar-refractivity contribution in [1.82, 2.24) is 10.2 Å². The number of nitrogens with zero attached hydrogens (tertiary/aromatic N) is 2. The lowest BCUT2D eigenvalue weighted by Crippen LogP contribution is -2.52. The van der Waals surface area contributed by atoms with Crippen LogP contribution in [0.5, 0.6) is 0 Å². The molecule has 3 aliphatic rings. The van der Waals surface area contributed by atoms with Crippen LogP contribution in [0.15, 0.2) is 18.2 Å². The van der Waals surface area contributed by atoms with Crippen molar-refractivity contribution in [2.24, 2.45) is 17.4 Å². The van der Waals surface area contributed by atoms with Gasteiger partial charge in [-0.15, -0.1) is 24.8 Å². The second kappa shape index (κ2) is 12.7. The summed E-state index contributed by atoms with van der Waals surface area (Å²) in [6, 6.07) is 5.74. The van der Waals surface area contributed by atoms with Crippen molar-refractivity contribution in [1.29, 1.82) is 0 Å². The molecule has 1 aliphatic carbocycles. The van der Waals surface area contributed by atoms with Gasteiger partial charge >= 0.3 is 0 Å². The maximum Gasteiger partial charge on any atom is 0.255 e. The molecule has 1 unspecified atom stereocenters. The maximum atomic E-state index is 13.2. The van der Waals surface area contributed by atoms with Crippen LogP contribution in [0.2, 0.25) is 0 Å². The molecule has 1 atom stereocenters. The fraction of sp³-hybridized carbons (Fsp3) is 0.625. The summed E-state index contributed by atoms with van der Waals surface area (Å²) in [5, 5.41) is 2.38. The monoisotopic (exact) mass is 513 g/mol. The minimum Gasteiger partial charge on any atom is -0.368 e. The van der Waals surface area contributed by atoms with Gasteiger partial charge in [-0.2, -0.15) is 0 Å². The van der Waals surface area contributed by atoms with Gasteiger partial charge in [-0.1, -0.05) is 6.07 Å². The van der Waals surface area contributed by atoms with E-state index in [0.717, 1.165) is 62.9 Å². The predicted molar refractivity (Wildman–Crippen MR) is 137 cm³/mol. The van der Waals surface area contributed by atoms with Gasteiger partial charge in [0.2, 0.25) is 11.8 Å². The Morgan fingerprint density at radius 1 is 1.00 bits per heavy atom. The van der Waals surface area contributed by atoms with E-state index in [9.17, 15) is 14.4 Å². The highest BCUT2D eigenvalue weighted by molar-refractivity contribution is 6.06. The smallest absolute Gasteiger partial charge is 0.255 e. The Morgan fingerprint density at radius 3 is 2.38 bits per heavy atom. The summed E-state index contributed by atoms with van der Waals surface area (Å²) in [6.07, 6.45) is 7.06. The number of nitrogens with two attached hydrogens (primary N) is 2. The molecule has 1 aromatic carbocycles. The Kier molecular flexibility index (Phi) is 10.6. The molecule has 0 aromatic heterocycles. The first kappa shape index (κ1) is 28.4. The number of fused-ring (bicyclic) bond motifs is 1. The third kappa shape index (κ3) is 5.85. The summed E-state index contributed by atoms with van der Waals surface area (Å²) in [6.45, 7) is 2.72. The number of hydrogen-bond donors (Lipinski definition) is 3. The summed E-state index contributed by atoms with van der Waals surface area (Å²) >= 11 is 0. The molecule has 1 saturated carbocycles. The Hall–Kier alpha value is -1.87. The van der Waals surface area contributed by atoms with Crippen molar-refractivity contribution in [2.45, 2.75) is 70.0 Å². The lowest BCUT2D eigenvalue weighted by Gasteiger charge is -2.39. The van der Waals surface area contributed by atoms with Crippen molar-refractivity contribution in [3.63, 3.8) is 0 Å². The van der Waals surface area contributed by atoms with E-state index in [-0.39, 0.29) is 49.0 Å². The van der Waals surface area contributed by atoms with Gasteiger partial charge < -0.3 is 21.3 Å². The van der Waals surface area contributed by atoms with Crippen molar-refractivity contribution < 1.29 is 14.4 Å². The number of piperidine rings is 1. The maximum absolute atomic E-state index is 13.2. The molecule has 10 heteroatoms. The molecule has 190 valence electrons. The van der Waals surface area contributed by atoms with Gasteiger partial charge in [0, 0.05) is 42.4 Å². The largest absolute Gasteiger partial charge is 0.368 e. The number of imide groups is 1. The highest BCUT2D eigenvalue weighted by Crippen LogP contribution is 2.37. The molecule has 2 aliphatic heterocycles. The molecule has 5 N–H and O–H groups in total. The lowest BCUT2D eigenvalue weighted by atomic mass is 9.85. The highest BCUT2D eigenvalue weighted by Gasteiger charge is 2.40. The van der Waals surface area contributed by atoms with Gasteiger partial charge in [0.1, 0.15) is 6.04 Å². The second-order valence-corrected chi connectivity index (χ2v) is 9.30. The molecule has 1 aromatic rings.